The minimum atomic E-state index is -1.18. The summed E-state index contributed by atoms with van der Waals surface area (Å²) in [5, 5.41) is 5.70. The highest BCUT2D eigenvalue weighted by atomic mass is 16.2. The van der Waals surface area contributed by atoms with E-state index in [4.69, 9.17) is 0 Å². The third kappa shape index (κ3) is 4.07. The van der Waals surface area contributed by atoms with Crippen LogP contribution in [-0.2, 0) is 34.4 Å². The molecule has 1 aliphatic carbocycles. The van der Waals surface area contributed by atoms with Crippen LogP contribution in [0, 0.1) is 0 Å². The zero-order chi connectivity index (χ0) is 23.7. The number of carbonyl (C=O) groups is 3. The molecule has 5 rings (SSSR count). The topological polar surface area (TPSA) is 78.5 Å². The molecule has 1 fully saturated rings. The molecular weight excluding hydrogens is 426 g/mol. The zero-order valence-corrected chi connectivity index (χ0v) is 19.1. The number of hydrogen-bond donors (Lipinski definition) is 2. The number of urea groups is 1. The van der Waals surface area contributed by atoms with Gasteiger partial charge in [-0.25, -0.2) is 4.79 Å². The maximum absolute atomic E-state index is 13.3. The van der Waals surface area contributed by atoms with E-state index < -0.39 is 23.4 Å². The van der Waals surface area contributed by atoms with Crippen LogP contribution in [0.4, 0.5) is 10.5 Å². The Morgan fingerprint density at radius 3 is 2.53 bits per heavy atom. The van der Waals surface area contributed by atoms with Crippen molar-refractivity contribution in [3.8, 4) is 0 Å². The fourth-order valence-electron chi connectivity index (χ4n) is 4.86. The van der Waals surface area contributed by atoms with Crippen molar-refractivity contribution in [1.29, 1.82) is 0 Å². The van der Waals surface area contributed by atoms with E-state index in [9.17, 15) is 14.4 Å². The molecule has 1 aliphatic heterocycles. The van der Waals surface area contributed by atoms with Crippen LogP contribution in [0.2, 0.25) is 0 Å². The largest absolute Gasteiger partial charge is 0.325 e. The second-order valence-corrected chi connectivity index (χ2v) is 9.15. The van der Waals surface area contributed by atoms with Gasteiger partial charge in [0.15, 0.2) is 0 Å². The number of carbonyl (C=O) groups excluding carboxylic acids is 3. The number of nitrogens with zero attached hydrogens (tertiary/aromatic N) is 1. The molecule has 1 unspecified atom stereocenters. The number of nitrogens with one attached hydrogen (secondary N) is 2. The van der Waals surface area contributed by atoms with Crippen molar-refractivity contribution >= 4 is 23.5 Å². The Morgan fingerprint density at radius 2 is 1.71 bits per heavy atom. The van der Waals surface area contributed by atoms with E-state index in [1.807, 2.05) is 72.8 Å². The fourth-order valence-corrected chi connectivity index (χ4v) is 4.86. The van der Waals surface area contributed by atoms with Crippen molar-refractivity contribution in [3.63, 3.8) is 0 Å². The molecule has 0 bridgehead atoms. The zero-order valence-electron chi connectivity index (χ0n) is 19.1. The summed E-state index contributed by atoms with van der Waals surface area (Å²) in [6, 6.07) is 23.0. The number of anilines is 1. The number of para-hydroxylation sites is 1. The molecule has 3 aromatic carbocycles. The van der Waals surface area contributed by atoms with E-state index in [2.05, 4.69) is 10.6 Å². The Kier molecular flexibility index (Phi) is 5.65. The van der Waals surface area contributed by atoms with Gasteiger partial charge in [-0.1, -0.05) is 66.7 Å². The SMILES string of the molecule is CC1(c2ccc3c(c2)CCC3)NC(=O)N(CC(=O)Nc2ccccc2Cc2ccccc2)C1=O. The quantitative estimate of drug-likeness (QED) is 0.550. The Morgan fingerprint density at radius 1 is 0.971 bits per heavy atom. The van der Waals surface area contributed by atoms with Crippen LogP contribution >= 0.6 is 0 Å². The van der Waals surface area contributed by atoms with Gasteiger partial charge in [-0.2, -0.15) is 0 Å². The van der Waals surface area contributed by atoms with Gasteiger partial charge in [0.25, 0.3) is 5.91 Å². The molecule has 172 valence electrons. The molecule has 2 aliphatic rings. The van der Waals surface area contributed by atoms with E-state index in [1.165, 1.54) is 11.1 Å². The minimum Gasteiger partial charge on any atom is -0.324 e. The van der Waals surface area contributed by atoms with Crippen LogP contribution in [0.1, 0.15) is 41.2 Å². The fraction of sp³-hybridized carbons (Fsp3) is 0.250. The first kappa shape index (κ1) is 21.9. The van der Waals surface area contributed by atoms with Gasteiger partial charge in [-0.15, -0.1) is 0 Å². The van der Waals surface area contributed by atoms with E-state index in [-0.39, 0.29) is 6.54 Å². The molecule has 3 aromatic rings. The van der Waals surface area contributed by atoms with Gasteiger partial charge in [0.2, 0.25) is 5.91 Å². The summed E-state index contributed by atoms with van der Waals surface area (Å²) in [6.45, 7) is 1.36. The van der Waals surface area contributed by atoms with Gasteiger partial charge in [-0.05, 0) is 66.5 Å². The molecule has 4 amide bonds. The first-order valence-electron chi connectivity index (χ1n) is 11.6. The highest BCUT2D eigenvalue weighted by Crippen LogP contribution is 2.32. The van der Waals surface area contributed by atoms with Crippen LogP contribution in [0.15, 0.2) is 72.8 Å². The smallest absolute Gasteiger partial charge is 0.324 e. The lowest BCUT2D eigenvalue weighted by Crippen LogP contribution is -2.42. The predicted octanol–water partition coefficient (Wildman–Crippen LogP) is 4.17. The van der Waals surface area contributed by atoms with Gasteiger partial charge in [0, 0.05) is 5.69 Å². The van der Waals surface area contributed by atoms with E-state index in [1.54, 1.807) is 6.92 Å². The monoisotopic (exact) mass is 453 g/mol. The molecule has 0 spiro atoms. The Bertz CT molecular complexity index is 1270. The Hall–Kier alpha value is -3.93. The second kappa shape index (κ2) is 8.78. The minimum absolute atomic E-state index is 0.342. The average Bonchev–Trinajstić information content (AvgIpc) is 3.39. The van der Waals surface area contributed by atoms with Crippen LogP contribution < -0.4 is 10.6 Å². The van der Waals surface area contributed by atoms with E-state index in [0.29, 0.717) is 12.1 Å². The van der Waals surface area contributed by atoms with Crippen molar-refractivity contribution < 1.29 is 14.4 Å². The van der Waals surface area contributed by atoms with E-state index >= 15 is 0 Å². The number of hydrogen-bond acceptors (Lipinski definition) is 3. The van der Waals surface area contributed by atoms with Crippen molar-refractivity contribution in [2.75, 3.05) is 11.9 Å². The number of aryl methyl sites for hydroxylation is 2. The molecule has 6 nitrogen and oxygen atoms in total. The maximum atomic E-state index is 13.3. The summed E-state index contributed by atoms with van der Waals surface area (Å²) >= 11 is 0. The van der Waals surface area contributed by atoms with Crippen LogP contribution in [0.3, 0.4) is 0 Å². The number of amides is 4. The molecular formula is C28H27N3O3. The molecule has 2 N–H and O–H groups in total. The molecule has 1 atom stereocenters. The highest BCUT2D eigenvalue weighted by molar-refractivity contribution is 6.10. The second-order valence-electron chi connectivity index (χ2n) is 9.15. The number of benzene rings is 3. The molecule has 6 heteroatoms. The van der Waals surface area contributed by atoms with Crippen LogP contribution in [-0.4, -0.2) is 29.3 Å². The van der Waals surface area contributed by atoms with Crippen LogP contribution in [0.25, 0.3) is 0 Å². The van der Waals surface area contributed by atoms with Gasteiger partial charge in [-0.3, -0.25) is 14.5 Å². The lowest BCUT2D eigenvalue weighted by molar-refractivity contribution is -0.133. The summed E-state index contributed by atoms with van der Waals surface area (Å²) in [4.78, 5) is 39.9. The summed E-state index contributed by atoms with van der Waals surface area (Å²) in [5.74, 6) is -0.828. The lowest BCUT2D eigenvalue weighted by atomic mass is 9.89. The first-order valence-corrected chi connectivity index (χ1v) is 11.6. The molecule has 1 heterocycles. The lowest BCUT2D eigenvalue weighted by Gasteiger charge is -2.23. The van der Waals surface area contributed by atoms with Crippen LogP contribution in [0.5, 0.6) is 0 Å². The van der Waals surface area contributed by atoms with Gasteiger partial charge < -0.3 is 10.6 Å². The first-order chi connectivity index (χ1) is 16.4. The molecule has 1 saturated heterocycles. The Balaban J connectivity index is 1.30. The standard InChI is InChI=1S/C28H27N3O3/c1-28(23-15-14-20-11-7-12-21(20)17-23)26(33)31(27(34)30-28)18-25(32)29-24-13-6-5-10-22(24)16-19-8-3-2-4-9-19/h2-6,8-10,13-15,17H,7,11-12,16,18H2,1H3,(H,29,32)(H,30,34). The third-order valence-electron chi connectivity index (χ3n) is 6.78. The van der Waals surface area contributed by atoms with Gasteiger partial charge in [0.1, 0.15) is 12.1 Å². The highest BCUT2D eigenvalue weighted by Gasteiger charge is 2.49. The normalized spacial score (nSPS) is 19.1. The van der Waals surface area contributed by atoms with Gasteiger partial charge in [0.05, 0.1) is 0 Å². The Labute approximate surface area is 199 Å². The maximum Gasteiger partial charge on any atom is 0.325 e. The molecule has 34 heavy (non-hydrogen) atoms. The summed E-state index contributed by atoms with van der Waals surface area (Å²) in [7, 11) is 0. The number of imide groups is 1. The summed E-state index contributed by atoms with van der Waals surface area (Å²) < 4.78 is 0. The van der Waals surface area contributed by atoms with Crippen molar-refractivity contribution in [2.45, 2.75) is 38.1 Å². The van der Waals surface area contributed by atoms with Crippen molar-refractivity contribution in [2.24, 2.45) is 0 Å². The number of fused-ring (bicyclic) bond motifs is 1. The summed E-state index contributed by atoms with van der Waals surface area (Å²) in [6.07, 6.45) is 3.80. The number of rotatable bonds is 6. The predicted molar refractivity (Wildman–Crippen MR) is 130 cm³/mol. The summed E-state index contributed by atoms with van der Waals surface area (Å²) in [5.41, 5.74) is 4.86. The molecule has 0 saturated carbocycles. The van der Waals surface area contributed by atoms with Crippen molar-refractivity contribution in [3.05, 3.63) is 101 Å². The van der Waals surface area contributed by atoms with E-state index in [0.717, 1.165) is 40.9 Å². The molecule has 0 aromatic heterocycles. The average molecular weight is 454 g/mol. The molecule has 0 radical (unpaired) electrons. The van der Waals surface area contributed by atoms with Crippen molar-refractivity contribution in [1.82, 2.24) is 10.2 Å². The third-order valence-corrected chi connectivity index (χ3v) is 6.78. The van der Waals surface area contributed by atoms with Gasteiger partial charge >= 0.3 is 6.03 Å².